The molecule has 2 aromatic carbocycles. The average Bonchev–Trinajstić information content (AvgIpc) is 2.52. The Balaban J connectivity index is 2.37. The number of rotatable bonds is 1. The van der Waals surface area contributed by atoms with Gasteiger partial charge in [0.1, 0.15) is 23.1 Å². The Hall–Kier alpha value is -3.21. The number of fused-ring (bicyclic) bond motifs is 1. The number of benzene rings is 2. The molecule has 0 amide bonds. The second-order valence-electron chi connectivity index (χ2n) is 5.03. The Kier molecular flexibility index (Phi) is 3.56. The number of halogens is 4. The van der Waals surface area contributed by atoms with Crippen LogP contribution in [0.4, 0.5) is 17.6 Å². The van der Waals surface area contributed by atoms with E-state index in [1.54, 1.807) is 6.07 Å². The molecule has 3 N–H and O–H groups in total. The van der Waals surface area contributed by atoms with Gasteiger partial charge in [-0.3, -0.25) is 0 Å². The molecular formula is C16H8F4N2O2. The molecule has 8 heteroatoms. The van der Waals surface area contributed by atoms with Crippen molar-refractivity contribution in [3.05, 3.63) is 70.1 Å². The maximum atomic E-state index is 14.2. The lowest BCUT2D eigenvalue weighted by Crippen LogP contribution is -2.23. The number of phenolic OH excluding ortho intramolecular Hbond substituents is 1. The monoisotopic (exact) mass is 336 g/mol. The maximum absolute atomic E-state index is 14.2. The standard InChI is InChI=1S/C16H8F4N2O2/c17-9-4-10(18)15(20)13(14(9)19)12-7-2-1-6(23)3-11(7)24-16(22)8(12)5-21/h1-4,12,23H,22H2. The van der Waals surface area contributed by atoms with Crippen molar-refractivity contribution in [2.45, 2.75) is 5.92 Å². The Morgan fingerprint density at radius 1 is 1.08 bits per heavy atom. The Morgan fingerprint density at radius 3 is 2.29 bits per heavy atom. The number of hydrogen-bond donors (Lipinski definition) is 2. The van der Waals surface area contributed by atoms with Crippen molar-refractivity contribution in [2.24, 2.45) is 5.73 Å². The van der Waals surface area contributed by atoms with Gasteiger partial charge < -0.3 is 15.6 Å². The summed E-state index contributed by atoms with van der Waals surface area (Å²) in [5.41, 5.74) is 4.20. The smallest absolute Gasteiger partial charge is 0.205 e. The first kappa shape index (κ1) is 15.7. The van der Waals surface area contributed by atoms with E-state index in [9.17, 15) is 27.9 Å². The second kappa shape index (κ2) is 5.45. The predicted molar refractivity (Wildman–Crippen MR) is 73.7 cm³/mol. The fourth-order valence-corrected chi connectivity index (χ4v) is 2.59. The number of nitrogens with zero attached hydrogens (tertiary/aromatic N) is 1. The summed E-state index contributed by atoms with van der Waals surface area (Å²) in [6.07, 6.45) is 0. The first-order valence-corrected chi connectivity index (χ1v) is 6.58. The van der Waals surface area contributed by atoms with Gasteiger partial charge in [-0.25, -0.2) is 17.6 Å². The van der Waals surface area contributed by atoms with Crippen molar-refractivity contribution in [2.75, 3.05) is 0 Å². The van der Waals surface area contributed by atoms with Crippen LogP contribution in [0, 0.1) is 34.6 Å². The molecule has 1 unspecified atom stereocenters. The summed E-state index contributed by atoms with van der Waals surface area (Å²) < 4.78 is 60.7. The number of aromatic hydroxyl groups is 1. The third-order valence-corrected chi connectivity index (χ3v) is 3.64. The van der Waals surface area contributed by atoms with Gasteiger partial charge in [-0.2, -0.15) is 5.26 Å². The predicted octanol–water partition coefficient (Wildman–Crippen LogP) is 3.17. The van der Waals surface area contributed by atoms with E-state index in [0.29, 0.717) is 0 Å². The van der Waals surface area contributed by atoms with E-state index >= 15 is 0 Å². The fourth-order valence-electron chi connectivity index (χ4n) is 2.59. The second-order valence-corrected chi connectivity index (χ2v) is 5.03. The molecule has 1 heterocycles. The van der Waals surface area contributed by atoms with Crippen LogP contribution in [0.2, 0.25) is 0 Å². The number of ether oxygens (including phenoxy) is 1. The zero-order chi connectivity index (χ0) is 17.6. The van der Waals surface area contributed by atoms with Crippen LogP contribution in [0.5, 0.6) is 11.5 Å². The average molecular weight is 336 g/mol. The molecule has 2 aromatic rings. The molecule has 3 rings (SSSR count). The minimum atomic E-state index is -1.64. The summed E-state index contributed by atoms with van der Waals surface area (Å²) in [6, 6.07) is 5.22. The van der Waals surface area contributed by atoms with Crippen molar-refractivity contribution >= 4 is 0 Å². The summed E-state index contributed by atoms with van der Waals surface area (Å²) in [6.45, 7) is 0. The molecule has 24 heavy (non-hydrogen) atoms. The lowest BCUT2D eigenvalue weighted by atomic mass is 9.82. The first-order chi connectivity index (χ1) is 11.3. The van der Waals surface area contributed by atoms with Crippen LogP contribution in [-0.4, -0.2) is 5.11 Å². The topological polar surface area (TPSA) is 79.3 Å². The van der Waals surface area contributed by atoms with Crippen LogP contribution in [0.15, 0.2) is 35.7 Å². The molecule has 1 aliphatic rings. The molecule has 0 aliphatic carbocycles. The zero-order valence-electron chi connectivity index (χ0n) is 11.8. The highest BCUT2D eigenvalue weighted by Gasteiger charge is 2.36. The van der Waals surface area contributed by atoms with Crippen LogP contribution < -0.4 is 10.5 Å². The SMILES string of the molecule is N#CC1=C(N)Oc2cc(O)ccc2C1c1c(F)c(F)cc(F)c1F. The molecule has 0 saturated carbocycles. The lowest BCUT2D eigenvalue weighted by molar-refractivity contribution is 0.381. The van der Waals surface area contributed by atoms with Crippen molar-refractivity contribution in [1.82, 2.24) is 0 Å². The van der Waals surface area contributed by atoms with E-state index in [4.69, 9.17) is 10.5 Å². The lowest BCUT2D eigenvalue weighted by Gasteiger charge is -2.27. The van der Waals surface area contributed by atoms with Gasteiger partial charge in [0.2, 0.25) is 5.88 Å². The molecule has 0 saturated heterocycles. The first-order valence-electron chi connectivity index (χ1n) is 6.58. The van der Waals surface area contributed by atoms with Gasteiger partial charge in [-0.15, -0.1) is 0 Å². The van der Waals surface area contributed by atoms with Gasteiger partial charge in [-0.05, 0) is 6.07 Å². The number of phenols is 1. The van der Waals surface area contributed by atoms with Crippen molar-refractivity contribution < 1.29 is 27.4 Å². The minimum Gasteiger partial charge on any atom is -0.508 e. The van der Waals surface area contributed by atoms with Crippen molar-refractivity contribution in [1.29, 1.82) is 5.26 Å². The molecule has 0 aromatic heterocycles. The highest BCUT2D eigenvalue weighted by atomic mass is 19.2. The van der Waals surface area contributed by atoms with E-state index in [2.05, 4.69) is 0 Å². The summed E-state index contributed by atoms with van der Waals surface area (Å²) in [5.74, 6) is -8.81. The van der Waals surface area contributed by atoms with Gasteiger partial charge in [0.05, 0.1) is 5.92 Å². The van der Waals surface area contributed by atoms with Gasteiger partial charge in [-0.1, -0.05) is 6.07 Å². The van der Waals surface area contributed by atoms with Crippen LogP contribution in [-0.2, 0) is 0 Å². The minimum absolute atomic E-state index is 0.0290. The summed E-state index contributed by atoms with van der Waals surface area (Å²) in [7, 11) is 0. The Bertz CT molecular complexity index is 908. The van der Waals surface area contributed by atoms with Gasteiger partial charge >= 0.3 is 0 Å². The van der Waals surface area contributed by atoms with Crippen LogP contribution >= 0.6 is 0 Å². The number of nitrogens with two attached hydrogens (primary N) is 1. The third-order valence-electron chi connectivity index (χ3n) is 3.64. The summed E-state index contributed by atoms with van der Waals surface area (Å²) in [4.78, 5) is 0. The number of hydrogen-bond acceptors (Lipinski definition) is 4. The maximum Gasteiger partial charge on any atom is 0.205 e. The molecule has 0 spiro atoms. The van der Waals surface area contributed by atoms with Crippen LogP contribution in [0.3, 0.4) is 0 Å². The molecule has 122 valence electrons. The third kappa shape index (κ3) is 2.22. The zero-order valence-corrected chi connectivity index (χ0v) is 11.8. The van der Waals surface area contributed by atoms with Gasteiger partial charge in [0.15, 0.2) is 23.3 Å². The molecule has 0 radical (unpaired) electrons. The van der Waals surface area contributed by atoms with E-state index in [1.165, 1.54) is 12.1 Å². The summed E-state index contributed by atoms with van der Waals surface area (Å²) >= 11 is 0. The molecular weight excluding hydrogens is 328 g/mol. The Labute approximate surface area is 133 Å². The molecule has 1 atom stereocenters. The Morgan fingerprint density at radius 2 is 1.71 bits per heavy atom. The molecule has 0 fully saturated rings. The van der Waals surface area contributed by atoms with Crippen LogP contribution in [0.1, 0.15) is 17.0 Å². The van der Waals surface area contributed by atoms with E-state index in [1.807, 2.05) is 0 Å². The quantitative estimate of drug-likeness (QED) is 0.619. The normalized spacial score (nSPS) is 16.4. The number of nitriles is 1. The van der Waals surface area contributed by atoms with E-state index in [-0.39, 0.29) is 23.1 Å². The van der Waals surface area contributed by atoms with Crippen LogP contribution in [0.25, 0.3) is 0 Å². The highest BCUT2D eigenvalue weighted by Crippen LogP contribution is 2.45. The van der Waals surface area contributed by atoms with Crippen molar-refractivity contribution in [3.8, 4) is 17.6 Å². The number of allylic oxidation sites excluding steroid dienone is 1. The van der Waals surface area contributed by atoms with E-state index in [0.717, 1.165) is 6.07 Å². The van der Waals surface area contributed by atoms with Crippen molar-refractivity contribution in [3.63, 3.8) is 0 Å². The highest BCUT2D eigenvalue weighted by molar-refractivity contribution is 5.57. The largest absolute Gasteiger partial charge is 0.508 e. The van der Waals surface area contributed by atoms with Gasteiger partial charge in [0.25, 0.3) is 0 Å². The molecule has 1 aliphatic heterocycles. The summed E-state index contributed by atoms with van der Waals surface area (Å²) in [5, 5.41) is 18.7. The fraction of sp³-hybridized carbons (Fsp3) is 0.0625. The van der Waals surface area contributed by atoms with E-state index < -0.39 is 46.2 Å². The molecule has 4 nitrogen and oxygen atoms in total. The molecule has 0 bridgehead atoms. The van der Waals surface area contributed by atoms with Gasteiger partial charge in [0, 0.05) is 23.3 Å².